The number of carbonyl (C=O) groups excluding carboxylic acids is 1. The molecule has 0 aliphatic heterocycles. The topological polar surface area (TPSA) is 90.8 Å². The van der Waals surface area contributed by atoms with Gasteiger partial charge in [0.25, 0.3) is 5.91 Å². The van der Waals surface area contributed by atoms with Crippen molar-refractivity contribution in [3.63, 3.8) is 0 Å². The molecule has 0 unspecified atom stereocenters. The van der Waals surface area contributed by atoms with Crippen LogP contribution in [0.4, 0.5) is 5.69 Å². The summed E-state index contributed by atoms with van der Waals surface area (Å²) in [4.78, 5) is 12.1. The highest BCUT2D eigenvalue weighted by Gasteiger charge is 2.13. The molecule has 102 valence electrons. The van der Waals surface area contributed by atoms with E-state index in [0.717, 1.165) is 12.4 Å². The van der Waals surface area contributed by atoms with E-state index in [1.54, 1.807) is 18.6 Å². The van der Waals surface area contributed by atoms with E-state index >= 15 is 0 Å². The van der Waals surface area contributed by atoms with E-state index in [1.807, 2.05) is 23.0 Å². The third-order valence-electron chi connectivity index (χ3n) is 2.93. The molecule has 0 aliphatic rings. The SMILES string of the molecule is CCn1cc(N)cc1C(=O)NCc1nncn1CC. The van der Waals surface area contributed by atoms with E-state index < -0.39 is 0 Å². The molecule has 0 fully saturated rings. The average molecular weight is 262 g/mol. The Labute approximate surface area is 111 Å². The Morgan fingerprint density at radius 3 is 2.79 bits per heavy atom. The standard InChI is InChI=1S/C12H18N6O/c1-3-17-7-9(13)5-10(17)12(19)14-6-11-16-15-8-18(11)4-2/h5,7-8H,3-4,6,13H2,1-2H3,(H,14,19). The molecule has 2 aromatic rings. The number of nitrogens with two attached hydrogens (primary N) is 1. The van der Waals surface area contributed by atoms with Crippen molar-refractivity contribution >= 4 is 11.6 Å². The zero-order valence-corrected chi connectivity index (χ0v) is 11.1. The number of nitrogen functional groups attached to an aromatic ring is 1. The van der Waals surface area contributed by atoms with Crippen molar-refractivity contribution < 1.29 is 4.79 Å². The number of aromatic nitrogens is 4. The molecule has 0 saturated carbocycles. The van der Waals surface area contributed by atoms with Crippen LogP contribution >= 0.6 is 0 Å². The first-order valence-corrected chi connectivity index (χ1v) is 6.26. The van der Waals surface area contributed by atoms with Crippen LogP contribution in [0.2, 0.25) is 0 Å². The Morgan fingerprint density at radius 2 is 2.11 bits per heavy atom. The van der Waals surface area contributed by atoms with E-state index in [-0.39, 0.29) is 5.91 Å². The van der Waals surface area contributed by atoms with Crippen LogP contribution in [-0.4, -0.2) is 25.2 Å². The summed E-state index contributed by atoms with van der Waals surface area (Å²) in [5.41, 5.74) is 6.85. The van der Waals surface area contributed by atoms with E-state index in [1.165, 1.54) is 0 Å². The van der Waals surface area contributed by atoms with Crippen LogP contribution in [0.25, 0.3) is 0 Å². The van der Waals surface area contributed by atoms with Crippen LogP contribution in [-0.2, 0) is 19.6 Å². The van der Waals surface area contributed by atoms with Crippen LogP contribution < -0.4 is 11.1 Å². The monoisotopic (exact) mass is 262 g/mol. The molecule has 2 heterocycles. The molecule has 0 bridgehead atoms. The number of anilines is 1. The van der Waals surface area contributed by atoms with Crippen molar-refractivity contribution in [2.45, 2.75) is 33.5 Å². The largest absolute Gasteiger partial charge is 0.397 e. The molecule has 3 N–H and O–H groups in total. The summed E-state index contributed by atoms with van der Waals surface area (Å²) >= 11 is 0. The van der Waals surface area contributed by atoms with Crippen LogP contribution in [0.5, 0.6) is 0 Å². The van der Waals surface area contributed by atoms with Crippen molar-refractivity contribution in [3.05, 3.63) is 30.1 Å². The summed E-state index contributed by atoms with van der Waals surface area (Å²) in [6.45, 7) is 5.78. The number of aryl methyl sites for hydroxylation is 2. The normalized spacial score (nSPS) is 10.6. The quantitative estimate of drug-likeness (QED) is 0.827. The number of carbonyl (C=O) groups is 1. The summed E-state index contributed by atoms with van der Waals surface area (Å²) in [6, 6.07) is 1.67. The maximum atomic E-state index is 12.1. The average Bonchev–Trinajstić information content (AvgIpc) is 3.01. The van der Waals surface area contributed by atoms with Gasteiger partial charge in [0, 0.05) is 19.3 Å². The number of nitrogens with one attached hydrogen (secondary N) is 1. The molecule has 0 saturated heterocycles. The molecule has 0 aromatic carbocycles. The number of amides is 1. The van der Waals surface area contributed by atoms with Crippen molar-refractivity contribution in [1.29, 1.82) is 0 Å². The first-order chi connectivity index (χ1) is 9.15. The maximum absolute atomic E-state index is 12.1. The van der Waals surface area contributed by atoms with E-state index in [0.29, 0.717) is 24.5 Å². The molecule has 2 aromatic heterocycles. The van der Waals surface area contributed by atoms with Gasteiger partial charge < -0.3 is 20.2 Å². The number of hydrogen-bond donors (Lipinski definition) is 2. The zero-order valence-electron chi connectivity index (χ0n) is 11.1. The molecule has 0 atom stereocenters. The second-order valence-corrected chi connectivity index (χ2v) is 4.16. The highest BCUT2D eigenvalue weighted by Crippen LogP contribution is 2.10. The first-order valence-electron chi connectivity index (χ1n) is 6.26. The van der Waals surface area contributed by atoms with Gasteiger partial charge in [-0.2, -0.15) is 0 Å². The highest BCUT2D eigenvalue weighted by atomic mass is 16.1. The van der Waals surface area contributed by atoms with Gasteiger partial charge >= 0.3 is 0 Å². The van der Waals surface area contributed by atoms with Gasteiger partial charge in [-0.3, -0.25) is 4.79 Å². The van der Waals surface area contributed by atoms with E-state index in [4.69, 9.17) is 5.73 Å². The fourth-order valence-electron chi connectivity index (χ4n) is 1.91. The summed E-state index contributed by atoms with van der Waals surface area (Å²) in [5, 5.41) is 10.6. The third-order valence-corrected chi connectivity index (χ3v) is 2.93. The number of rotatable bonds is 5. The van der Waals surface area contributed by atoms with Gasteiger partial charge in [0.15, 0.2) is 5.82 Å². The Hall–Kier alpha value is -2.31. The van der Waals surface area contributed by atoms with E-state index in [9.17, 15) is 4.79 Å². The van der Waals surface area contributed by atoms with Gasteiger partial charge in [-0.1, -0.05) is 0 Å². The molecule has 19 heavy (non-hydrogen) atoms. The lowest BCUT2D eigenvalue weighted by atomic mass is 10.3. The van der Waals surface area contributed by atoms with Crippen molar-refractivity contribution in [3.8, 4) is 0 Å². The smallest absolute Gasteiger partial charge is 0.268 e. The van der Waals surface area contributed by atoms with Crippen molar-refractivity contribution in [1.82, 2.24) is 24.6 Å². The maximum Gasteiger partial charge on any atom is 0.268 e. The van der Waals surface area contributed by atoms with Gasteiger partial charge in [-0.05, 0) is 19.9 Å². The van der Waals surface area contributed by atoms with Gasteiger partial charge in [0.1, 0.15) is 12.0 Å². The predicted molar refractivity (Wildman–Crippen MR) is 71.4 cm³/mol. The molecular formula is C12H18N6O. The molecule has 2 rings (SSSR count). The minimum atomic E-state index is -0.163. The van der Waals surface area contributed by atoms with Crippen LogP contribution in [0.15, 0.2) is 18.6 Å². The summed E-state index contributed by atoms with van der Waals surface area (Å²) in [6.07, 6.45) is 3.40. The number of nitrogens with zero attached hydrogens (tertiary/aromatic N) is 4. The lowest BCUT2D eigenvalue weighted by Crippen LogP contribution is -2.26. The molecule has 1 amide bonds. The fraction of sp³-hybridized carbons (Fsp3) is 0.417. The summed E-state index contributed by atoms with van der Waals surface area (Å²) in [5.74, 6) is 0.572. The minimum absolute atomic E-state index is 0.163. The summed E-state index contributed by atoms with van der Waals surface area (Å²) < 4.78 is 3.70. The molecule has 0 spiro atoms. The molecule has 7 heteroatoms. The highest BCUT2D eigenvalue weighted by molar-refractivity contribution is 5.93. The summed E-state index contributed by atoms with van der Waals surface area (Å²) in [7, 11) is 0. The van der Waals surface area contributed by atoms with Crippen LogP contribution in [0.1, 0.15) is 30.2 Å². The van der Waals surface area contributed by atoms with Crippen molar-refractivity contribution in [2.75, 3.05) is 5.73 Å². The predicted octanol–water partition coefficient (Wildman–Crippen LogP) is 0.632. The molecule has 7 nitrogen and oxygen atoms in total. The Balaban J connectivity index is 2.05. The molecule has 0 radical (unpaired) electrons. The van der Waals surface area contributed by atoms with E-state index in [2.05, 4.69) is 15.5 Å². The molecular weight excluding hydrogens is 244 g/mol. The van der Waals surface area contributed by atoms with Crippen molar-refractivity contribution in [2.24, 2.45) is 0 Å². The lowest BCUT2D eigenvalue weighted by molar-refractivity contribution is 0.0940. The van der Waals surface area contributed by atoms with Gasteiger partial charge in [-0.25, -0.2) is 0 Å². The zero-order chi connectivity index (χ0) is 13.8. The molecule has 0 aliphatic carbocycles. The number of hydrogen-bond acceptors (Lipinski definition) is 4. The second-order valence-electron chi connectivity index (χ2n) is 4.16. The van der Waals surface area contributed by atoms with Gasteiger partial charge in [0.05, 0.1) is 12.2 Å². The third kappa shape index (κ3) is 2.75. The minimum Gasteiger partial charge on any atom is -0.397 e. The second kappa shape index (κ2) is 5.55. The fourth-order valence-corrected chi connectivity index (χ4v) is 1.91. The van der Waals surface area contributed by atoms with Gasteiger partial charge in [0.2, 0.25) is 0 Å². The van der Waals surface area contributed by atoms with Crippen LogP contribution in [0, 0.1) is 0 Å². The Kier molecular flexibility index (Phi) is 3.84. The Bertz CT molecular complexity index is 571. The lowest BCUT2D eigenvalue weighted by Gasteiger charge is -2.07. The van der Waals surface area contributed by atoms with Gasteiger partial charge in [-0.15, -0.1) is 10.2 Å². The first kappa shape index (κ1) is 13.1. The Morgan fingerprint density at radius 1 is 1.37 bits per heavy atom. The van der Waals surface area contributed by atoms with Crippen LogP contribution in [0.3, 0.4) is 0 Å².